The van der Waals surface area contributed by atoms with Gasteiger partial charge in [0.15, 0.2) is 0 Å². The lowest BCUT2D eigenvalue weighted by Gasteiger charge is -2.14. The third-order valence-corrected chi connectivity index (χ3v) is 2.67. The lowest BCUT2D eigenvalue weighted by Crippen LogP contribution is -2.36. The largest absolute Gasteiger partial charge is 0.395 e. The van der Waals surface area contributed by atoms with Crippen LogP contribution in [0, 0.1) is 0 Å². The number of hydrogen-bond acceptors (Lipinski definition) is 4. The number of rotatable bonds is 4. The Kier molecular flexibility index (Phi) is 4.12. The van der Waals surface area contributed by atoms with Gasteiger partial charge in [0.1, 0.15) is 0 Å². The molecule has 4 nitrogen and oxygen atoms in total. The molecule has 1 fully saturated rings. The van der Waals surface area contributed by atoms with Crippen LogP contribution < -0.4 is 5.32 Å². The molecule has 13 heavy (non-hydrogen) atoms. The molecule has 1 saturated heterocycles. The van der Waals surface area contributed by atoms with E-state index in [1.54, 1.807) is 0 Å². The summed E-state index contributed by atoms with van der Waals surface area (Å²) in [7, 11) is 0. The summed E-state index contributed by atoms with van der Waals surface area (Å²) >= 11 is 0. The molecule has 0 bridgehead atoms. The van der Waals surface area contributed by atoms with Gasteiger partial charge in [-0.2, -0.15) is 0 Å². The van der Waals surface area contributed by atoms with E-state index in [2.05, 4.69) is 12.2 Å². The van der Waals surface area contributed by atoms with E-state index in [9.17, 15) is 10.2 Å². The van der Waals surface area contributed by atoms with Crippen molar-refractivity contribution < 1.29 is 15.3 Å². The SMILES string of the molecule is CCCC[C@@H]1N[C@@H](CO)[C@@H](O)[C@H]1O. The summed E-state index contributed by atoms with van der Waals surface area (Å²) in [6, 6.07) is -0.427. The third kappa shape index (κ3) is 2.40. The molecule has 0 unspecified atom stereocenters. The summed E-state index contributed by atoms with van der Waals surface area (Å²) in [6.45, 7) is 1.96. The van der Waals surface area contributed by atoms with Crippen LogP contribution in [0.3, 0.4) is 0 Å². The number of hydrogen-bond donors (Lipinski definition) is 4. The van der Waals surface area contributed by atoms with E-state index in [0.717, 1.165) is 19.3 Å². The molecular formula is C9H19NO3. The topological polar surface area (TPSA) is 72.7 Å². The number of aliphatic hydroxyl groups is 3. The quantitative estimate of drug-likeness (QED) is 0.468. The highest BCUT2D eigenvalue weighted by Gasteiger charge is 2.39. The Bertz CT molecular complexity index is 154. The fourth-order valence-electron chi connectivity index (χ4n) is 1.79. The molecule has 78 valence electrons. The van der Waals surface area contributed by atoms with Crippen molar-refractivity contribution in [1.29, 1.82) is 0 Å². The summed E-state index contributed by atoms with van der Waals surface area (Å²) in [5.41, 5.74) is 0. The molecule has 0 spiro atoms. The van der Waals surface area contributed by atoms with Crippen LogP contribution in [0.15, 0.2) is 0 Å². The van der Waals surface area contributed by atoms with E-state index in [4.69, 9.17) is 5.11 Å². The van der Waals surface area contributed by atoms with E-state index in [0.29, 0.717) is 0 Å². The smallest absolute Gasteiger partial charge is 0.0989 e. The molecule has 1 aliphatic rings. The average molecular weight is 189 g/mol. The molecule has 0 saturated carbocycles. The summed E-state index contributed by atoms with van der Waals surface area (Å²) < 4.78 is 0. The van der Waals surface area contributed by atoms with E-state index in [1.807, 2.05) is 0 Å². The van der Waals surface area contributed by atoms with Gasteiger partial charge < -0.3 is 20.6 Å². The molecule has 0 aliphatic carbocycles. The van der Waals surface area contributed by atoms with Crippen molar-refractivity contribution in [1.82, 2.24) is 5.32 Å². The van der Waals surface area contributed by atoms with E-state index >= 15 is 0 Å². The molecule has 0 aromatic carbocycles. The molecule has 4 heteroatoms. The van der Waals surface area contributed by atoms with Gasteiger partial charge in [-0.25, -0.2) is 0 Å². The molecular weight excluding hydrogens is 170 g/mol. The monoisotopic (exact) mass is 189 g/mol. The summed E-state index contributed by atoms with van der Waals surface area (Å²) in [5, 5.41) is 30.9. The zero-order valence-corrected chi connectivity index (χ0v) is 7.98. The standard InChI is InChI=1S/C9H19NO3/c1-2-3-4-6-8(12)9(13)7(5-11)10-6/h6-13H,2-5H2,1H3/t6-,7-,8-,9+/m0/s1. The lowest BCUT2D eigenvalue weighted by atomic mass is 10.0. The highest BCUT2D eigenvalue weighted by Crippen LogP contribution is 2.18. The molecule has 4 atom stereocenters. The molecule has 1 aliphatic heterocycles. The van der Waals surface area contributed by atoms with Crippen molar-refractivity contribution in [2.24, 2.45) is 0 Å². The van der Waals surface area contributed by atoms with Gasteiger partial charge in [-0.1, -0.05) is 19.8 Å². The van der Waals surface area contributed by atoms with Gasteiger partial charge >= 0.3 is 0 Å². The predicted octanol–water partition coefficient (Wildman–Crippen LogP) is -0.769. The Hall–Kier alpha value is -0.160. The van der Waals surface area contributed by atoms with Gasteiger partial charge in [-0.15, -0.1) is 0 Å². The van der Waals surface area contributed by atoms with Gasteiger partial charge in [0.25, 0.3) is 0 Å². The second-order valence-corrected chi connectivity index (χ2v) is 3.69. The van der Waals surface area contributed by atoms with Crippen LogP contribution in [0.4, 0.5) is 0 Å². The Morgan fingerprint density at radius 3 is 2.23 bits per heavy atom. The zero-order chi connectivity index (χ0) is 9.84. The Labute approximate surface area is 78.6 Å². The van der Waals surface area contributed by atoms with Crippen LogP contribution in [0.1, 0.15) is 26.2 Å². The summed E-state index contributed by atoms with van der Waals surface area (Å²) in [4.78, 5) is 0. The van der Waals surface area contributed by atoms with Crippen molar-refractivity contribution >= 4 is 0 Å². The maximum Gasteiger partial charge on any atom is 0.0989 e. The van der Waals surface area contributed by atoms with E-state index in [-0.39, 0.29) is 18.7 Å². The molecule has 0 aromatic rings. The fraction of sp³-hybridized carbons (Fsp3) is 1.00. The summed E-state index contributed by atoms with van der Waals surface area (Å²) in [6.07, 6.45) is 1.39. The second-order valence-electron chi connectivity index (χ2n) is 3.69. The molecule has 0 radical (unpaired) electrons. The molecule has 1 heterocycles. The van der Waals surface area contributed by atoms with Gasteiger partial charge in [0, 0.05) is 6.04 Å². The van der Waals surface area contributed by atoms with Gasteiger partial charge in [-0.05, 0) is 6.42 Å². The molecule has 4 N–H and O–H groups in total. The minimum absolute atomic E-state index is 0.0629. The van der Waals surface area contributed by atoms with Gasteiger partial charge in [0.05, 0.1) is 24.9 Å². The van der Waals surface area contributed by atoms with Crippen LogP contribution in [0.5, 0.6) is 0 Å². The molecule has 0 amide bonds. The van der Waals surface area contributed by atoms with Crippen LogP contribution in [0.25, 0.3) is 0 Å². The Morgan fingerprint density at radius 2 is 1.77 bits per heavy atom. The molecule has 1 rings (SSSR count). The van der Waals surface area contributed by atoms with Crippen molar-refractivity contribution in [3.8, 4) is 0 Å². The lowest BCUT2D eigenvalue weighted by molar-refractivity contribution is 0.0186. The first-order valence-corrected chi connectivity index (χ1v) is 4.93. The zero-order valence-electron chi connectivity index (χ0n) is 7.98. The highest BCUT2D eigenvalue weighted by molar-refractivity contribution is 4.97. The third-order valence-electron chi connectivity index (χ3n) is 2.67. The first-order valence-electron chi connectivity index (χ1n) is 4.93. The van der Waals surface area contributed by atoms with Crippen LogP contribution in [-0.4, -0.2) is 46.2 Å². The van der Waals surface area contributed by atoms with E-state index in [1.165, 1.54) is 0 Å². The normalized spacial score (nSPS) is 39.7. The van der Waals surface area contributed by atoms with Crippen molar-refractivity contribution in [3.05, 3.63) is 0 Å². The minimum atomic E-state index is -0.827. The maximum absolute atomic E-state index is 9.56. The predicted molar refractivity (Wildman–Crippen MR) is 49.3 cm³/mol. The van der Waals surface area contributed by atoms with Crippen molar-refractivity contribution in [2.45, 2.75) is 50.5 Å². The van der Waals surface area contributed by atoms with Crippen molar-refractivity contribution in [3.63, 3.8) is 0 Å². The Morgan fingerprint density at radius 1 is 1.15 bits per heavy atom. The van der Waals surface area contributed by atoms with Crippen LogP contribution in [-0.2, 0) is 0 Å². The number of nitrogens with one attached hydrogen (secondary N) is 1. The maximum atomic E-state index is 9.56. The average Bonchev–Trinajstić information content (AvgIpc) is 2.41. The highest BCUT2D eigenvalue weighted by atomic mass is 16.3. The number of unbranched alkanes of at least 4 members (excludes halogenated alkanes) is 1. The van der Waals surface area contributed by atoms with Gasteiger partial charge in [-0.3, -0.25) is 0 Å². The van der Waals surface area contributed by atoms with E-state index < -0.39 is 12.2 Å². The first kappa shape index (κ1) is 10.9. The Balaban J connectivity index is 2.40. The fourth-order valence-corrected chi connectivity index (χ4v) is 1.79. The van der Waals surface area contributed by atoms with Crippen molar-refractivity contribution in [2.75, 3.05) is 6.61 Å². The van der Waals surface area contributed by atoms with Gasteiger partial charge in [0.2, 0.25) is 0 Å². The van der Waals surface area contributed by atoms with Crippen LogP contribution in [0.2, 0.25) is 0 Å². The number of aliphatic hydroxyl groups excluding tert-OH is 3. The molecule has 0 aromatic heterocycles. The first-order chi connectivity index (χ1) is 6.20. The van der Waals surface area contributed by atoms with Crippen LogP contribution >= 0.6 is 0 Å². The summed E-state index contributed by atoms with van der Waals surface area (Å²) in [5.74, 6) is 0. The second kappa shape index (κ2) is 4.91. The minimum Gasteiger partial charge on any atom is -0.395 e.